The Bertz CT molecular complexity index is 1220. The number of unbranched alkanes of at least 4 members (excludes halogenated alkanes) is 2. The third-order valence-electron chi connectivity index (χ3n) is 8.35. The van der Waals surface area contributed by atoms with Crippen molar-refractivity contribution < 1.29 is 13.5 Å². The molecule has 4 aliphatic heterocycles. The lowest BCUT2D eigenvalue weighted by molar-refractivity contribution is -0.942. The Morgan fingerprint density at radius 1 is 1.06 bits per heavy atom. The highest BCUT2D eigenvalue weighted by atomic mass is 16.3. The first-order valence-corrected chi connectivity index (χ1v) is 13.1. The Hall–Kier alpha value is -2.92. The number of rotatable bonds is 7. The number of piperidine rings is 3. The molecular formula is C29H36N4O+2. The molecule has 34 heavy (non-hydrogen) atoms. The van der Waals surface area contributed by atoms with E-state index in [0.717, 1.165) is 29.3 Å². The second-order valence-corrected chi connectivity index (χ2v) is 10.5. The quantitative estimate of drug-likeness (QED) is 0.274. The highest BCUT2D eigenvalue weighted by molar-refractivity contribution is 5.94. The van der Waals surface area contributed by atoms with Crippen molar-refractivity contribution in [1.82, 2.24) is 4.98 Å². The molecule has 5 heteroatoms. The van der Waals surface area contributed by atoms with E-state index in [1.54, 1.807) is 0 Å². The number of hydrogen-bond donors (Lipinski definition) is 0. The van der Waals surface area contributed by atoms with Crippen LogP contribution in [0.25, 0.3) is 22.9 Å². The van der Waals surface area contributed by atoms with Gasteiger partial charge in [0.15, 0.2) is 0 Å². The average Bonchev–Trinajstić information content (AvgIpc) is 3.30. The van der Waals surface area contributed by atoms with Gasteiger partial charge in [-0.05, 0) is 74.3 Å². The monoisotopic (exact) mass is 456 g/mol. The molecule has 0 atom stereocenters. The van der Waals surface area contributed by atoms with Gasteiger partial charge in [-0.1, -0.05) is 18.2 Å². The molecule has 0 saturated carbocycles. The highest BCUT2D eigenvalue weighted by Gasteiger charge is 2.38. The summed E-state index contributed by atoms with van der Waals surface area (Å²) in [6, 6.07) is 12.6. The van der Waals surface area contributed by atoms with Crippen LogP contribution in [0.5, 0.6) is 0 Å². The summed E-state index contributed by atoms with van der Waals surface area (Å²) in [5, 5.41) is 0. The Balaban J connectivity index is 1.11. The van der Waals surface area contributed by atoms with Gasteiger partial charge in [-0.25, -0.2) is 4.57 Å². The van der Waals surface area contributed by atoms with Crippen molar-refractivity contribution in [2.75, 3.05) is 37.6 Å². The zero-order chi connectivity index (χ0) is 23.0. The van der Waals surface area contributed by atoms with Crippen molar-refractivity contribution in [3.63, 3.8) is 0 Å². The molecule has 2 aromatic heterocycles. The van der Waals surface area contributed by atoms with E-state index >= 15 is 0 Å². The number of aryl methyl sites for hydroxylation is 1. The van der Waals surface area contributed by atoms with Crippen molar-refractivity contribution >= 4 is 28.6 Å². The molecule has 6 heterocycles. The maximum atomic E-state index is 6.00. The number of allylic oxidation sites excluding steroid dienone is 2. The van der Waals surface area contributed by atoms with E-state index in [4.69, 9.17) is 9.40 Å². The Labute approximate surface area is 202 Å². The third kappa shape index (κ3) is 4.18. The van der Waals surface area contributed by atoms with Crippen LogP contribution in [0.4, 0.5) is 5.69 Å². The largest absolute Gasteiger partial charge is 0.411 e. The fourth-order valence-electron chi connectivity index (χ4n) is 6.24. The molecule has 7 rings (SSSR count). The number of benzene rings is 1. The van der Waals surface area contributed by atoms with Gasteiger partial charge in [0.25, 0.3) is 0 Å². The van der Waals surface area contributed by atoms with Crippen LogP contribution in [0.1, 0.15) is 50.0 Å². The predicted octanol–water partition coefficient (Wildman–Crippen LogP) is 5.33. The molecule has 0 aliphatic carbocycles. The zero-order valence-corrected chi connectivity index (χ0v) is 20.3. The standard InChI is InChI=1S/C29H36N4O/c1-31-15-7-10-27-29(31)30-28(34-27)22-24-11-17-32(26-9-4-3-8-25(24)26)16-5-2-6-18-33-19-12-23(13-20-33)14-21-33/h3-4,7-11,15,17,22-23H,2,5-6,12-14,16,18-21H2,1H3/q+2. The van der Waals surface area contributed by atoms with Crippen LogP contribution in [-0.4, -0.2) is 42.2 Å². The molecule has 0 unspecified atom stereocenters. The van der Waals surface area contributed by atoms with Crippen LogP contribution < -0.4 is 9.47 Å². The van der Waals surface area contributed by atoms with E-state index in [1.165, 1.54) is 80.4 Å². The van der Waals surface area contributed by atoms with Crippen molar-refractivity contribution in [2.45, 2.75) is 38.5 Å². The first-order valence-electron chi connectivity index (χ1n) is 13.1. The summed E-state index contributed by atoms with van der Waals surface area (Å²) in [6.45, 7) is 6.80. The van der Waals surface area contributed by atoms with Crippen LogP contribution in [0.3, 0.4) is 0 Å². The zero-order valence-electron chi connectivity index (χ0n) is 20.3. The fraction of sp³-hybridized carbons (Fsp3) is 0.448. The molecule has 0 spiro atoms. The smallest absolute Gasteiger partial charge is 0.370 e. The van der Waals surface area contributed by atoms with E-state index < -0.39 is 0 Å². The van der Waals surface area contributed by atoms with Crippen LogP contribution in [0, 0.1) is 5.92 Å². The number of aromatic nitrogens is 2. The van der Waals surface area contributed by atoms with Gasteiger partial charge >= 0.3 is 11.5 Å². The summed E-state index contributed by atoms with van der Waals surface area (Å²) in [5.74, 6) is 1.70. The van der Waals surface area contributed by atoms with Crippen LogP contribution in [-0.2, 0) is 7.05 Å². The Morgan fingerprint density at radius 3 is 2.71 bits per heavy atom. The van der Waals surface area contributed by atoms with Gasteiger partial charge < -0.3 is 13.8 Å². The number of oxazole rings is 1. The van der Waals surface area contributed by atoms with Crippen LogP contribution in [0.2, 0.25) is 0 Å². The van der Waals surface area contributed by atoms with E-state index in [1.807, 2.05) is 29.9 Å². The van der Waals surface area contributed by atoms with Crippen LogP contribution >= 0.6 is 0 Å². The second-order valence-electron chi connectivity index (χ2n) is 10.5. The summed E-state index contributed by atoms with van der Waals surface area (Å²) in [5.41, 5.74) is 5.34. The van der Waals surface area contributed by atoms with E-state index in [2.05, 4.69) is 47.5 Å². The van der Waals surface area contributed by atoms with Crippen LogP contribution in [0.15, 0.2) is 59.3 Å². The summed E-state index contributed by atoms with van der Waals surface area (Å²) >= 11 is 0. The molecule has 3 fully saturated rings. The number of fused-ring (bicyclic) bond motifs is 5. The molecule has 0 radical (unpaired) electrons. The molecule has 0 N–H and O–H groups in total. The lowest BCUT2D eigenvalue weighted by Crippen LogP contribution is -2.58. The summed E-state index contributed by atoms with van der Waals surface area (Å²) in [7, 11) is 1.99. The molecule has 2 bridgehead atoms. The molecular weight excluding hydrogens is 420 g/mol. The number of hydrogen-bond acceptors (Lipinski definition) is 3. The van der Waals surface area contributed by atoms with Gasteiger partial charge in [0.1, 0.15) is 0 Å². The number of nitrogens with zero attached hydrogens (tertiary/aromatic N) is 4. The first-order chi connectivity index (χ1) is 16.7. The van der Waals surface area contributed by atoms with E-state index in [0.29, 0.717) is 5.89 Å². The maximum Gasteiger partial charge on any atom is 0.370 e. The third-order valence-corrected chi connectivity index (χ3v) is 8.35. The normalized spacial score (nSPS) is 24.8. The second kappa shape index (κ2) is 9.03. The SMILES string of the molecule is C[n+]1cccc2oc(/C=C3\C=CN(CCCCC[N+]45CCC(CC4)CC5)c4ccccc43)nc21. The van der Waals surface area contributed by atoms with Crippen molar-refractivity contribution in [2.24, 2.45) is 13.0 Å². The van der Waals surface area contributed by atoms with E-state index in [9.17, 15) is 0 Å². The average molecular weight is 457 g/mol. The minimum absolute atomic E-state index is 0.647. The molecule has 5 nitrogen and oxygen atoms in total. The van der Waals surface area contributed by atoms with Crippen molar-refractivity contribution in [1.29, 1.82) is 0 Å². The number of pyridine rings is 1. The van der Waals surface area contributed by atoms with Gasteiger partial charge in [0.2, 0.25) is 5.58 Å². The fourth-order valence-corrected chi connectivity index (χ4v) is 6.24. The predicted molar refractivity (Wildman–Crippen MR) is 137 cm³/mol. The van der Waals surface area contributed by atoms with Crippen molar-refractivity contribution in [3.8, 4) is 0 Å². The lowest BCUT2D eigenvalue weighted by atomic mass is 9.85. The number of para-hydroxylation sites is 1. The minimum atomic E-state index is 0.647. The molecule has 0 amide bonds. The Kier molecular flexibility index (Phi) is 5.74. The lowest BCUT2D eigenvalue weighted by Gasteiger charge is -2.49. The molecule has 4 aliphatic rings. The maximum absolute atomic E-state index is 6.00. The van der Waals surface area contributed by atoms with Gasteiger partial charge in [-0.2, -0.15) is 0 Å². The highest BCUT2D eigenvalue weighted by Crippen LogP contribution is 2.35. The van der Waals surface area contributed by atoms with E-state index in [-0.39, 0.29) is 0 Å². The number of anilines is 1. The Morgan fingerprint density at radius 2 is 1.88 bits per heavy atom. The summed E-state index contributed by atoms with van der Waals surface area (Å²) in [6.07, 6.45) is 16.8. The molecule has 176 valence electrons. The number of quaternary nitrogens is 1. The van der Waals surface area contributed by atoms with Crippen molar-refractivity contribution in [3.05, 3.63) is 66.3 Å². The van der Waals surface area contributed by atoms with Gasteiger partial charge in [-0.15, -0.1) is 0 Å². The minimum Gasteiger partial charge on any atom is -0.411 e. The molecule has 3 aromatic rings. The van der Waals surface area contributed by atoms with Gasteiger partial charge in [0.05, 0.1) is 39.4 Å². The van der Waals surface area contributed by atoms with Gasteiger partial charge in [0, 0.05) is 35.1 Å². The summed E-state index contributed by atoms with van der Waals surface area (Å²) < 4.78 is 9.41. The molecule has 1 aromatic carbocycles. The summed E-state index contributed by atoms with van der Waals surface area (Å²) in [4.78, 5) is 7.11. The first kappa shape index (κ1) is 21.6. The molecule has 3 saturated heterocycles. The topological polar surface area (TPSA) is 33.1 Å². The van der Waals surface area contributed by atoms with Gasteiger partial charge in [-0.3, -0.25) is 0 Å².